The average molecular weight is 336 g/mol. The highest BCUT2D eigenvalue weighted by Crippen LogP contribution is 2.34. The molecular weight excluding hydrogens is 316 g/mol. The Hall–Kier alpha value is -2.02. The predicted octanol–water partition coefficient (Wildman–Crippen LogP) is 1.74. The Kier molecular flexibility index (Phi) is 5.65. The molecule has 0 spiro atoms. The molecule has 0 radical (unpaired) electrons. The molecule has 124 valence electrons. The molecule has 7 heteroatoms. The first-order chi connectivity index (χ1) is 10.9. The summed E-state index contributed by atoms with van der Waals surface area (Å²) in [6.07, 6.45) is 0.638. The lowest BCUT2D eigenvalue weighted by atomic mass is 9.99. The summed E-state index contributed by atoms with van der Waals surface area (Å²) in [6.45, 7) is 3.47. The van der Waals surface area contributed by atoms with Gasteiger partial charge in [0.15, 0.2) is 0 Å². The van der Waals surface area contributed by atoms with Gasteiger partial charge in [-0.2, -0.15) is 0 Å². The van der Waals surface area contributed by atoms with Crippen LogP contribution in [-0.4, -0.2) is 41.2 Å². The molecule has 1 aliphatic heterocycles. The highest BCUT2D eigenvalue weighted by atomic mass is 32.2. The number of amides is 2. The van der Waals surface area contributed by atoms with Crippen LogP contribution in [0.25, 0.3) is 0 Å². The number of nitrogens with one attached hydrogen (secondary N) is 1. The minimum atomic E-state index is -1.06. The number of thioether (sulfide) groups is 1. The van der Waals surface area contributed by atoms with Gasteiger partial charge in [0, 0.05) is 4.90 Å². The van der Waals surface area contributed by atoms with Gasteiger partial charge in [-0.05, 0) is 18.1 Å². The van der Waals surface area contributed by atoms with Crippen molar-refractivity contribution >= 4 is 35.2 Å². The molecule has 1 aromatic rings. The molecule has 1 aromatic carbocycles. The lowest BCUT2D eigenvalue weighted by Gasteiger charge is -2.29. The van der Waals surface area contributed by atoms with Crippen molar-refractivity contribution in [3.63, 3.8) is 0 Å². The van der Waals surface area contributed by atoms with Gasteiger partial charge in [0.05, 0.1) is 11.4 Å². The Morgan fingerprint density at radius 3 is 2.74 bits per heavy atom. The van der Waals surface area contributed by atoms with Gasteiger partial charge in [-0.1, -0.05) is 32.4 Å². The quantitative estimate of drug-likeness (QED) is 0.826. The summed E-state index contributed by atoms with van der Waals surface area (Å²) in [4.78, 5) is 38.0. The summed E-state index contributed by atoms with van der Waals surface area (Å²) < 4.78 is 0. The number of nitrogens with zero attached hydrogens (tertiary/aromatic N) is 1. The van der Waals surface area contributed by atoms with Crippen LogP contribution in [0.4, 0.5) is 5.69 Å². The number of hydrogen-bond acceptors (Lipinski definition) is 4. The van der Waals surface area contributed by atoms with Crippen LogP contribution in [0.5, 0.6) is 0 Å². The fourth-order valence-electron chi connectivity index (χ4n) is 2.37. The smallest absolute Gasteiger partial charge is 0.326 e. The van der Waals surface area contributed by atoms with Gasteiger partial charge in [0.1, 0.15) is 12.6 Å². The molecule has 2 rings (SSSR count). The lowest BCUT2D eigenvalue weighted by molar-refractivity contribution is -0.143. The van der Waals surface area contributed by atoms with Crippen LogP contribution in [0.15, 0.2) is 29.2 Å². The van der Waals surface area contributed by atoms with Gasteiger partial charge in [-0.25, -0.2) is 4.79 Å². The van der Waals surface area contributed by atoms with E-state index in [4.69, 9.17) is 0 Å². The highest BCUT2D eigenvalue weighted by Gasteiger charge is 2.29. The summed E-state index contributed by atoms with van der Waals surface area (Å²) in [5, 5.41) is 11.8. The number of carbonyl (C=O) groups is 3. The van der Waals surface area contributed by atoms with Crippen molar-refractivity contribution in [3.05, 3.63) is 24.3 Å². The van der Waals surface area contributed by atoms with Gasteiger partial charge in [-0.15, -0.1) is 11.8 Å². The zero-order valence-electron chi connectivity index (χ0n) is 13.1. The Labute approximate surface area is 139 Å². The molecular formula is C16H20N2O4S. The number of carbonyl (C=O) groups excluding carboxylic acids is 2. The van der Waals surface area contributed by atoms with E-state index in [1.165, 1.54) is 16.7 Å². The van der Waals surface area contributed by atoms with E-state index in [0.29, 0.717) is 12.1 Å². The van der Waals surface area contributed by atoms with E-state index >= 15 is 0 Å². The zero-order chi connectivity index (χ0) is 17.0. The molecule has 1 aliphatic rings. The van der Waals surface area contributed by atoms with Crippen LogP contribution in [0.3, 0.4) is 0 Å². The SMILES string of the molecule is CCC(C)C(NC(=O)CN1C(=O)CSc2ccccc21)C(=O)O. The van der Waals surface area contributed by atoms with E-state index in [9.17, 15) is 19.5 Å². The molecule has 2 atom stereocenters. The Morgan fingerprint density at radius 1 is 1.39 bits per heavy atom. The van der Waals surface area contributed by atoms with E-state index < -0.39 is 17.9 Å². The number of carboxylic acid groups (broad SMARTS) is 1. The van der Waals surface area contributed by atoms with Crippen molar-refractivity contribution in [2.75, 3.05) is 17.2 Å². The van der Waals surface area contributed by atoms with Crippen molar-refractivity contribution in [3.8, 4) is 0 Å². The van der Waals surface area contributed by atoms with Crippen molar-refractivity contribution in [1.82, 2.24) is 5.32 Å². The number of para-hydroxylation sites is 1. The highest BCUT2D eigenvalue weighted by molar-refractivity contribution is 8.00. The largest absolute Gasteiger partial charge is 0.480 e. The van der Waals surface area contributed by atoms with Gasteiger partial charge in [0.2, 0.25) is 11.8 Å². The molecule has 2 amide bonds. The maximum atomic E-state index is 12.2. The Bertz CT molecular complexity index is 620. The monoisotopic (exact) mass is 336 g/mol. The summed E-state index contributed by atoms with van der Waals surface area (Å²) in [6, 6.07) is 6.43. The van der Waals surface area contributed by atoms with Crippen molar-refractivity contribution in [2.45, 2.75) is 31.2 Å². The molecule has 2 N–H and O–H groups in total. The topological polar surface area (TPSA) is 86.7 Å². The van der Waals surface area contributed by atoms with Gasteiger partial charge < -0.3 is 15.3 Å². The third-order valence-corrected chi connectivity index (χ3v) is 4.95. The third-order valence-electron chi connectivity index (χ3n) is 3.91. The second kappa shape index (κ2) is 7.50. The first-order valence-corrected chi connectivity index (χ1v) is 8.47. The molecule has 6 nitrogen and oxygen atoms in total. The number of anilines is 1. The fraction of sp³-hybridized carbons (Fsp3) is 0.438. The third kappa shape index (κ3) is 4.04. The van der Waals surface area contributed by atoms with Crippen LogP contribution >= 0.6 is 11.8 Å². The predicted molar refractivity (Wildman–Crippen MR) is 88.5 cm³/mol. The lowest BCUT2D eigenvalue weighted by Crippen LogP contribution is -2.50. The average Bonchev–Trinajstić information content (AvgIpc) is 2.54. The summed E-state index contributed by atoms with van der Waals surface area (Å²) in [5.74, 6) is -1.59. The first-order valence-electron chi connectivity index (χ1n) is 7.48. The standard InChI is InChI=1S/C16H20N2O4S/c1-3-10(2)15(16(21)22)17-13(19)8-18-11-6-4-5-7-12(11)23-9-14(18)20/h4-7,10,15H,3,8-9H2,1-2H3,(H,17,19)(H,21,22). The van der Waals surface area contributed by atoms with Crippen molar-refractivity contribution in [2.24, 2.45) is 5.92 Å². The second-order valence-electron chi connectivity index (χ2n) is 5.51. The number of rotatable bonds is 6. The summed E-state index contributed by atoms with van der Waals surface area (Å²) >= 11 is 1.44. The Balaban J connectivity index is 2.10. The van der Waals surface area contributed by atoms with Crippen LogP contribution in [0.1, 0.15) is 20.3 Å². The number of carboxylic acids is 1. The van der Waals surface area contributed by atoms with Crippen molar-refractivity contribution in [1.29, 1.82) is 0 Å². The fourth-order valence-corrected chi connectivity index (χ4v) is 3.31. The maximum Gasteiger partial charge on any atom is 0.326 e. The van der Waals surface area contributed by atoms with E-state index in [1.54, 1.807) is 13.0 Å². The van der Waals surface area contributed by atoms with E-state index in [-0.39, 0.29) is 24.1 Å². The molecule has 2 unspecified atom stereocenters. The summed E-state index contributed by atoms with van der Waals surface area (Å²) in [5.41, 5.74) is 0.694. The van der Waals surface area contributed by atoms with E-state index in [1.807, 2.05) is 25.1 Å². The summed E-state index contributed by atoms with van der Waals surface area (Å²) in [7, 11) is 0. The molecule has 0 aliphatic carbocycles. The van der Waals surface area contributed by atoms with Gasteiger partial charge in [-0.3, -0.25) is 9.59 Å². The molecule has 23 heavy (non-hydrogen) atoms. The molecule has 0 aromatic heterocycles. The number of benzene rings is 1. The van der Waals surface area contributed by atoms with Crippen LogP contribution in [0.2, 0.25) is 0 Å². The molecule has 0 saturated heterocycles. The Morgan fingerprint density at radius 2 is 2.09 bits per heavy atom. The van der Waals surface area contributed by atoms with E-state index in [2.05, 4.69) is 5.32 Å². The van der Waals surface area contributed by atoms with Crippen LogP contribution < -0.4 is 10.2 Å². The number of hydrogen-bond donors (Lipinski definition) is 2. The van der Waals surface area contributed by atoms with Gasteiger partial charge in [0.25, 0.3) is 0 Å². The molecule has 0 saturated carbocycles. The zero-order valence-corrected chi connectivity index (χ0v) is 13.9. The molecule has 0 bridgehead atoms. The molecule has 1 heterocycles. The van der Waals surface area contributed by atoms with Gasteiger partial charge >= 0.3 is 5.97 Å². The first kappa shape index (κ1) is 17.3. The maximum absolute atomic E-state index is 12.2. The second-order valence-corrected chi connectivity index (χ2v) is 6.52. The minimum absolute atomic E-state index is 0.153. The minimum Gasteiger partial charge on any atom is -0.480 e. The normalized spacial score (nSPS) is 16.4. The molecule has 0 fully saturated rings. The number of fused-ring (bicyclic) bond motifs is 1. The van der Waals surface area contributed by atoms with E-state index in [0.717, 1.165) is 4.90 Å². The van der Waals surface area contributed by atoms with Crippen LogP contribution in [0, 0.1) is 5.92 Å². The number of aliphatic carboxylic acids is 1. The van der Waals surface area contributed by atoms with Crippen molar-refractivity contribution < 1.29 is 19.5 Å². The van der Waals surface area contributed by atoms with Crippen LogP contribution in [-0.2, 0) is 14.4 Å².